The molecule has 2 N–H and O–H groups in total. The second kappa shape index (κ2) is 5.48. The van der Waals surface area contributed by atoms with Gasteiger partial charge < -0.3 is 15.1 Å². The summed E-state index contributed by atoms with van der Waals surface area (Å²) < 4.78 is 0. The van der Waals surface area contributed by atoms with Crippen molar-refractivity contribution in [2.45, 2.75) is 53.8 Å². The first-order valence-corrected chi connectivity index (χ1v) is 5.99. The molecule has 3 heteroatoms. The van der Waals surface area contributed by atoms with Crippen molar-refractivity contribution in [3.8, 4) is 0 Å². The third-order valence-electron chi connectivity index (χ3n) is 2.97. The highest BCUT2D eigenvalue weighted by atomic mass is 16.3. The van der Waals surface area contributed by atoms with Gasteiger partial charge in [-0.25, -0.2) is 0 Å². The minimum atomic E-state index is -0.371. The number of likely N-dealkylation sites (N-methyl/N-ethyl adjacent to an activating group) is 1. The van der Waals surface area contributed by atoms with Crippen molar-refractivity contribution >= 4 is 0 Å². The zero-order valence-electron chi connectivity index (χ0n) is 11.9. The molecular weight excluding hydrogens is 202 g/mol. The molecule has 2 atom stereocenters. The molecule has 0 aromatic rings. The van der Waals surface area contributed by atoms with E-state index in [-0.39, 0.29) is 23.0 Å². The lowest BCUT2D eigenvalue weighted by Crippen LogP contribution is -2.43. The predicted molar refractivity (Wildman–Crippen MR) is 68.4 cm³/mol. The standard InChI is InChI=1S/C13H29NO2/c1-12(2,3)10(15)8-14(7)9-11(16)13(4,5)6/h10-11,15-16H,8-9H2,1-7H3. The molecule has 0 heterocycles. The van der Waals surface area contributed by atoms with Gasteiger partial charge in [0.05, 0.1) is 12.2 Å². The zero-order valence-corrected chi connectivity index (χ0v) is 11.9. The number of hydrogen-bond acceptors (Lipinski definition) is 3. The van der Waals surface area contributed by atoms with Gasteiger partial charge in [-0.05, 0) is 17.9 Å². The van der Waals surface area contributed by atoms with Crippen molar-refractivity contribution < 1.29 is 10.2 Å². The van der Waals surface area contributed by atoms with E-state index in [2.05, 4.69) is 0 Å². The summed E-state index contributed by atoms with van der Waals surface area (Å²) in [4.78, 5) is 1.99. The minimum absolute atomic E-state index is 0.110. The lowest BCUT2D eigenvalue weighted by Gasteiger charge is -2.33. The molecule has 0 aliphatic heterocycles. The van der Waals surface area contributed by atoms with Crippen molar-refractivity contribution in [2.24, 2.45) is 10.8 Å². The molecule has 16 heavy (non-hydrogen) atoms. The van der Waals surface area contributed by atoms with E-state index in [4.69, 9.17) is 0 Å². The van der Waals surface area contributed by atoms with Crippen LogP contribution >= 0.6 is 0 Å². The van der Waals surface area contributed by atoms with E-state index in [0.717, 1.165) is 0 Å². The summed E-state index contributed by atoms with van der Waals surface area (Å²) in [5.74, 6) is 0. The summed E-state index contributed by atoms with van der Waals surface area (Å²) in [6, 6.07) is 0. The van der Waals surface area contributed by atoms with Gasteiger partial charge >= 0.3 is 0 Å². The molecular formula is C13H29NO2. The van der Waals surface area contributed by atoms with E-state index >= 15 is 0 Å². The second-order valence-electron chi connectivity index (χ2n) is 6.98. The van der Waals surface area contributed by atoms with Gasteiger partial charge in [0, 0.05) is 13.1 Å². The average Bonchev–Trinajstić information content (AvgIpc) is 1.99. The Bertz CT molecular complexity index is 181. The summed E-state index contributed by atoms with van der Waals surface area (Å²) in [5.41, 5.74) is -0.220. The minimum Gasteiger partial charge on any atom is -0.391 e. The monoisotopic (exact) mass is 231 g/mol. The first kappa shape index (κ1) is 15.9. The molecule has 0 fully saturated rings. The first-order valence-electron chi connectivity index (χ1n) is 5.99. The smallest absolute Gasteiger partial charge is 0.0715 e. The number of aliphatic hydroxyl groups is 2. The van der Waals surface area contributed by atoms with Gasteiger partial charge in [-0.15, -0.1) is 0 Å². The summed E-state index contributed by atoms with van der Waals surface area (Å²) in [7, 11) is 1.93. The molecule has 2 unspecified atom stereocenters. The molecule has 0 rings (SSSR count). The van der Waals surface area contributed by atoms with Gasteiger partial charge in [-0.3, -0.25) is 0 Å². The molecule has 98 valence electrons. The number of rotatable bonds is 4. The van der Waals surface area contributed by atoms with Crippen LogP contribution < -0.4 is 0 Å². The summed E-state index contributed by atoms with van der Waals surface area (Å²) >= 11 is 0. The Labute approximate surface area is 100 Å². The maximum atomic E-state index is 9.95. The predicted octanol–water partition coefficient (Wildman–Crippen LogP) is 1.73. The van der Waals surface area contributed by atoms with Gasteiger partial charge in [-0.1, -0.05) is 41.5 Å². The van der Waals surface area contributed by atoms with Crippen LogP contribution in [-0.4, -0.2) is 47.5 Å². The molecule has 0 saturated heterocycles. The van der Waals surface area contributed by atoms with Gasteiger partial charge in [0.2, 0.25) is 0 Å². The fourth-order valence-corrected chi connectivity index (χ4v) is 1.21. The van der Waals surface area contributed by atoms with Gasteiger partial charge in [0.25, 0.3) is 0 Å². The number of hydrogen-bond donors (Lipinski definition) is 2. The molecule has 0 amide bonds. The van der Waals surface area contributed by atoms with E-state index in [1.807, 2.05) is 53.5 Å². The Kier molecular flexibility index (Phi) is 5.44. The van der Waals surface area contributed by atoms with Crippen molar-refractivity contribution in [3.05, 3.63) is 0 Å². The van der Waals surface area contributed by atoms with Crippen LogP contribution in [0.4, 0.5) is 0 Å². The van der Waals surface area contributed by atoms with Gasteiger partial charge in [0.15, 0.2) is 0 Å². The molecule has 3 nitrogen and oxygen atoms in total. The lowest BCUT2D eigenvalue weighted by molar-refractivity contribution is -0.000825. The maximum absolute atomic E-state index is 9.95. The highest BCUT2D eigenvalue weighted by molar-refractivity contribution is 4.79. The molecule has 0 bridgehead atoms. The maximum Gasteiger partial charge on any atom is 0.0715 e. The van der Waals surface area contributed by atoms with Crippen LogP contribution in [0, 0.1) is 10.8 Å². The molecule has 0 saturated carbocycles. The van der Waals surface area contributed by atoms with Crippen molar-refractivity contribution in [1.29, 1.82) is 0 Å². The average molecular weight is 231 g/mol. The number of nitrogens with zero attached hydrogens (tertiary/aromatic N) is 1. The summed E-state index contributed by atoms with van der Waals surface area (Å²) in [5, 5.41) is 19.9. The topological polar surface area (TPSA) is 43.7 Å². The van der Waals surface area contributed by atoms with Crippen molar-refractivity contribution in [2.75, 3.05) is 20.1 Å². The third kappa shape index (κ3) is 5.83. The second-order valence-corrected chi connectivity index (χ2v) is 6.98. The molecule has 0 radical (unpaired) electrons. The Balaban J connectivity index is 4.15. The van der Waals surface area contributed by atoms with Crippen LogP contribution in [0.15, 0.2) is 0 Å². The van der Waals surface area contributed by atoms with E-state index in [1.165, 1.54) is 0 Å². The van der Waals surface area contributed by atoms with E-state index in [0.29, 0.717) is 13.1 Å². The van der Waals surface area contributed by atoms with Crippen molar-refractivity contribution in [3.63, 3.8) is 0 Å². The van der Waals surface area contributed by atoms with Crippen molar-refractivity contribution in [1.82, 2.24) is 4.90 Å². The lowest BCUT2D eigenvalue weighted by atomic mass is 9.87. The van der Waals surface area contributed by atoms with Crippen LogP contribution in [0.5, 0.6) is 0 Å². The Morgan fingerprint density at radius 2 is 1.06 bits per heavy atom. The highest BCUT2D eigenvalue weighted by Gasteiger charge is 2.27. The van der Waals surface area contributed by atoms with E-state index in [1.54, 1.807) is 0 Å². The zero-order chi connectivity index (χ0) is 13.1. The summed E-state index contributed by atoms with van der Waals surface area (Å²) in [6.07, 6.45) is -0.741. The van der Waals surface area contributed by atoms with E-state index in [9.17, 15) is 10.2 Å². The van der Waals surface area contributed by atoms with Gasteiger partial charge in [-0.2, -0.15) is 0 Å². The molecule has 0 aromatic heterocycles. The van der Waals surface area contributed by atoms with Crippen LogP contribution in [0.3, 0.4) is 0 Å². The largest absolute Gasteiger partial charge is 0.391 e. The van der Waals surface area contributed by atoms with Crippen LogP contribution in [0.25, 0.3) is 0 Å². The third-order valence-corrected chi connectivity index (χ3v) is 2.97. The van der Waals surface area contributed by atoms with Gasteiger partial charge in [0.1, 0.15) is 0 Å². The Morgan fingerprint density at radius 1 is 0.812 bits per heavy atom. The SMILES string of the molecule is CN(CC(O)C(C)(C)C)CC(O)C(C)(C)C. The molecule has 0 aromatic carbocycles. The molecule has 0 spiro atoms. The molecule has 0 aliphatic carbocycles. The Morgan fingerprint density at radius 3 is 1.25 bits per heavy atom. The normalized spacial score (nSPS) is 17.6. The first-order chi connectivity index (χ1) is 6.94. The molecule has 0 aliphatic rings. The van der Waals surface area contributed by atoms with Crippen LogP contribution in [-0.2, 0) is 0 Å². The Hall–Kier alpha value is -0.120. The van der Waals surface area contributed by atoms with Crippen LogP contribution in [0.1, 0.15) is 41.5 Å². The fourth-order valence-electron chi connectivity index (χ4n) is 1.21. The highest BCUT2D eigenvalue weighted by Crippen LogP contribution is 2.22. The quantitative estimate of drug-likeness (QED) is 0.774. The number of aliphatic hydroxyl groups excluding tert-OH is 2. The van der Waals surface area contributed by atoms with E-state index < -0.39 is 0 Å². The summed E-state index contributed by atoms with van der Waals surface area (Å²) in [6.45, 7) is 13.3. The van der Waals surface area contributed by atoms with Crippen LogP contribution in [0.2, 0.25) is 0 Å². The fraction of sp³-hybridized carbons (Fsp3) is 1.00.